The van der Waals surface area contributed by atoms with E-state index in [9.17, 15) is 13.2 Å². The zero-order chi connectivity index (χ0) is 19.7. The van der Waals surface area contributed by atoms with Gasteiger partial charge in [-0.15, -0.1) is 0 Å². The van der Waals surface area contributed by atoms with Gasteiger partial charge in [0.1, 0.15) is 5.52 Å². The number of aromatic nitrogens is 1. The largest absolute Gasteiger partial charge is 0.355 e. The van der Waals surface area contributed by atoms with E-state index in [-0.39, 0.29) is 5.91 Å². The first-order chi connectivity index (χ1) is 13.4. The molecule has 1 aliphatic heterocycles. The van der Waals surface area contributed by atoms with Gasteiger partial charge in [-0.2, -0.15) is 0 Å². The lowest BCUT2D eigenvalue weighted by atomic mass is 10.1. The molecule has 0 atom stereocenters. The van der Waals surface area contributed by atoms with Crippen LogP contribution in [0.5, 0.6) is 0 Å². The molecule has 1 saturated heterocycles. The van der Waals surface area contributed by atoms with Crippen molar-refractivity contribution in [3.05, 3.63) is 54.1 Å². The van der Waals surface area contributed by atoms with Crippen molar-refractivity contribution in [2.45, 2.75) is 6.42 Å². The molecule has 1 fully saturated rings. The Labute approximate surface area is 163 Å². The highest BCUT2D eigenvalue weighted by molar-refractivity contribution is 7.88. The van der Waals surface area contributed by atoms with Crippen LogP contribution in [0.2, 0.25) is 0 Å². The Hall–Kier alpha value is -2.71. The molecule has 0 saturated carbocycles. The number of nitrogens with zero attached hydrogens (tertiary/aromatic N) is 3. The van der Waals surface area contributed by atoms with Crippen LogP contribution in [0, 0.1) is 0 Å². The summed E-state index contributed by atoms with van der Waals surface area (Å²) in [4.78, 5) is 14.7. The average Bonchev–Trinajstić information content (AvgIpc) is 2.94. The SMILES string of the molecule is CS(=O)(=O)N1CCCN(C(=O)c2ccc3noc(-c4ccccc4)c3c2)CC1. The van der Waals surface area contributed by atoms with Gasteiger partial charge >= 0.3 is 0 Å². The van der Waals surface area contributed by atoms with Gasteiger partial charge in [0.25, 0.3) is 5.91 Å². The fourth-order valence-electron chi connectivity index (χ4n) is 3.48. The molecule has 0 spiro atoms. The molecule has 4 rings (SSSR count). The summed E-state index contributed by atoms with van der Waals surface area (Å²) in [6, 6.07) is 14.9. The van der Waals surface area contributed by atoms with Crippen molar-refractivity contribution in [1.82, 2.24) is 14.4 Å². The molecule has 2 heterocycles. The highest BCUT2D eigenvalue weighted by Crippen LogP contribution is 2.29. The second kappa shape index (κ2) is 7.37. The molecule has 1 aliphatic rings. The summed E-state index contributed by atoms with van der Waals surface area (Å²) in [5.41, 5.74) is 2.13. The van der Waals surface area contributed by atoms with E-state index in [1.165, 1.54) is 10.6 Å². The minimum atomic E-state index is -3.25. The van der Waals surface area contributed by atoms with Crippen molar-refractivity contribution >= 4 is 26.8 Å². The lowest BCUT2D eigenvalue weighted by Gasteiger charge is -2.21. The molecular formula is C20H21N3O4S. The Morgan fingerprint density at radius 3 is 2.57 bits per heavy atom. The Kier molecular flexibility index (Phi) is 4.91. The van der Waals surface area contributed by atoms with Gasteiger partial charge in [-0.1, -0.05) is 35.5 Å². The number of carbonyl (C=O) groups excluding carboxylic acids is 1. The van der Waals surface area contributed by atoms with E-state index in [1.54, 1.807) is 23.1 Å². The molecule has 1 aromatic heterocycles. The second-order valence-corrected chi connectivity index (χ2v) is 8.90. The van der Waals surface area contributed by atoms with Crippen LogP contribution >= 0.6 is 0 Å². The van der Waals surface area contributed by atoms with Crippen LogP contribution in [0.4, 0.5) is 0 Å². The van der Waals surface area contributed by atoms with Gasteiger partial charge < -0.3 is 9.42 Å². The highest BCUT2D eigenvalue weighted by Gasteiger charge is 2.25. The second-order valence-electron chi connectivity index (χ2n) is 6.92. The van der Waals surface area contributed by atoms with Gasteiger partial charge in [-0.3, -0.25) is 4.79 Å². The van der Waals surface area contributed by atoms with Crippen LogP contribution in [0.1, 0.15) is 16.8 Å². The van der Waals surface area contributed by atoms with Crippen molar-refractivity contribution in [2.75, 3.05) is 32.4 Å². The molecule has 2 aromatic carbocycles. The lowest BCUT2D eigenvalue weighted by Crippen LogP contribution is -2.36. The molecule has 0 unspecified atom stereocenters. The fraction of sp³-hybridized carbons (Fsp3) is 0.300. The van der Waals surface area contributed by atoms with Crippen molar-refractivity contribution in [1.29, 1.82) is 0 Å². The molecule has 0 aliphatic carbocycles. The van der Waals surface area contributed by atoms with Gasteiger partial charge in [0.2, 0.25) is 10.0 Å². The lowest BCUT2D eigenvalue weighted by molar-refractivity contribution is 0.0764. The maximum Gasteiger partial charge on any atom is 0.253 e. The first-order valence-corrected chi connectivity index (χ1v) is 11.0. The van der Waals surface area contributed by atoms with E-state index in [4.69, 9.17) is 4.52 Å². The van der Waals surface area contributed by atoms with Gasteiger partial charge in [-0.25, -0.2) is 12.7 Å². The van der Waals surface area contributed by atoms with Gasteiger partial charge in [-0.05, 0) is 24.6 Å². The molecule has 0 N–H and O–H groups in total. The van der Waals surface area contributed by atoms with Gasteiger partial charge in [0.15, 0.2) is 5.76 Å². The molecule has 0 radical (unpaired) electrons. The average molecular weight is 399 g/mol. The van der Waals surface area contributed by atoms with E-state index in [0.29, 0.717) is 49.4 Å². The van der Waals surface area contributed by atoms with E-state index in [1.807, 2.05) is 30.3 Å². The number of rotatable bonds is 3. The number of benzene rings is 2. The normalized spacial score (nSPS) is 16.2. The van der Waals surface area contributed by atoms with Crippen molar-refractivity contribution in [2.24, 2.45) is 0 Å². The minimum absolute atomic E-state index is 0.113. The summed E-state index contributed by atoms with van der Waals surface area (Å²) in [6.45, 7) is 1.65. The first-order valence-electron chi connectivity index (χ1n) is 9.13. The van der Waals surface area contributed by atoms with E-state index < -0.39 is 10.0 Å². The van der Waals surface area contributed by atoms with Crippen LogP contribution < -0.4 is 0 Å². The van der Waals surface area contributed by atoms with Crippen molar-refractivity contribution < 1.29 is 17.7 Å². The molecule has 8 heteroatoms. The summed E-state index contributed by atoms with van der Waals surface area (Å²) >= 11 is 0. The number of sulfonamides is 1. The number of amides is 1. The molecule has 28 heavy (non-hydrogen) atoms. The summed E-state index contributed by atoms with van der Waals surface area (Å²) in [7, 11) is -3.25. The molecule has 0 bridgehead atoms. The molecule has 3 aromatic rings. The van der Waals surface area contributed by atoms with Crippen LogP contribution in [-0.2, 0) is 10.0 Å². The third kappa shape index (κ3) is 3.65. The molecule has 1 amide bonds. The first kappa shape index (κ1) is 18.6. The number of fused-ring (bicyclic) bond motifs is 1. The predicted octanol–water partition coefficient (Wildman–Crippen LogP) is 2.60. The fourth-order valence-corrected chi connectivity index (χ4v) is 4.36. The summed E-state index contributed by atoms with van der Waals surface area (Å²) < 4.78 is 30.5. The zero-order valence-corrected chi connectivity index (χ0v) is 16.4. The van der Waals surface area contributed by atoms with Crippen LogP contribution in [0.15, 0.2) is 53.1 Å². The van der Waals surface area contributed by atoms with Crippen molar-refractivity contribution in [3.8, 4) is 11.3 Å². The monoisotopic (exact) mass is 399 g/mol. The topological polar surface area (TPSA) is 83.7 Å². The van der Waals surface area contributed by atoms with Gasteiger partial charge in [0, 0.05) is 37.3 Å². The third-order valence-corrected chi connectivity index (χ3v) is 6.27. The number of hydrogen-bond donors (Lipinski definition) is 0. The Morgan fingerprint density at radius 2 is 1.82 bits per heavy atom. The van der Waals surface area contributed by atoms with E-state index in [0.717, 1.165) is 10.9 Å². The Balaban J connectivity index is 1.61. The Morgan fingerprint density at radius 1 is 1.04 bits per heavy atom. The maximum atomic E-state index is 13.0. The summed E-state index contributed by atoms with van der Waals surface area (Å²) in [6.07, 6.45) is 1.82. The number of carbonyl (C=O) groups is 1. The minimum Gasteiger partial charge on any atom is -0.355 e. The predicted molar refractivity (Wildman–Crippen MR) is 106 cm³/mol. The molecule has 7 nitrogen and oxygen atoms in total. The van der Waals surface area contributed by atoms with E-state index >= 15 is 0 Å². The number of hydrogen-bond acceptors (Lipinski definition) is 5. The van der Waals surface area contributed by atoms with Crippen LogP contribution in [-0.4, -0.2) is 61.1 Å². The van der Waals surface area contributed by atoms with Gasteiger partial charge in [0.05, 0.1) is 11.6 Å². The van der Waals surface area contributed by atoms with E-state index in [2.05, 4.69) is 5.16 Å². The Bertz CT molecular complexity index is 1110. The smallest absolute Gasteiger partial charge is 0.253 e. The third-order valence-electron chi connectivity index (χ3n) is 4.97. The maximum absolute atomic E-state index is 13.0. The summed E-state index contributed by atoms with van der Waals surface area (Å²) in [5, 5.41) is 4.87. The van der Waals surface area contributed by atoms with Crippen molar-refractivity contribution in [3.63, 3.8) is 0 Å². The zero-order valence-electron chi connectivity index (χ0n) is 15.5. The molecule has 146 valence electrons. The van der Waals surface area contributed by atoms with Crippen LogP contribution in [0.3, 0.4) is 0 Å². The highest BCUT2D eigenvalue weighted by atomic mass is 32.2. The quantitative estimate of drug-likeness (QED) is 0.676. The standard InChI is InChI=1S/C20H21N3O4S/c1-28(25,26)23-11-5-10-22(12-13-23)20(24)16-8-9-18-17(14-16)19(27-21-18)15-6-3-2-4-7-15/h2-4,6-9,14H,5,10-13H2,1H3. The van der Waals surface area contributed by atoms with Crippen LogP contribution in [0.25, 0.3) is 22.2 Å². The molecular weight excluding hydrogens is 378 g/mol. The summed E-state index contributed by atoms with van der Waals surface area (Å²) in [5.74, 6) is 0.516.